The summed E-state index contributed by atoms with van der Waals surface area (Å²) in [6, 6.07) is -0.612. The van der Waals surface area contributed by atoms with Crippen LogP contribution in [0.25, 0.3) is 0 Å². The molecule has 0 heterocycles. The highest BCUT2D eigenvalue weighted by Crippen LogP contribution is 2.04. The largest absolute Gasteiger partial charge is 0.481 e. The van der Waals surface area contributed by atoms with Crippen molar-refractivity contribution in [2.45, 2.75) is 84.0 Å². The molecule has 0 saturated carbocycles. The minimum absolute atomic E-state index is 0.00367. The number of carboxylic acid groups (broad SMARTS) is 1. The number of hydrogen-bond acceptors (Lipinski definition) is 1. The van der Waals surface area contributed by atoms with Crippen LogP contribution in [0.1, 0.15) is 94.9 Å². The molecule has 0 aliphatic rings. The fourth-order valence-electron chi connectivity index (χ4n) is 1.81. The Morgan fingerprint density at radius 2 is 1.21 bits per heavy atom. The first-order valence-electron chi connectivity index (χ1n) is 12.8. The lowest BCUT2D eigenvalue weighted by atomic mass is 10.1. The van der Waals surface area contributed by atoms with Gasteiger partial charge in [-0.1, -0.05) is 74.6 Å². The Morgan fingerprint density at radius 3 is 1.67 bits per heavy atom. The maximum atomic E-state index is 10.5. The molecule has 1 N–H and O–H groups in total. The Morgan fingerprint density at radius 1 is 0.750 bits per heavy atom. The first-order valence-corrected chi connectivity index (χ1v) is 8.82. The van der Waals surface area contributed by atoms with Gasteiger partial charge in [-0.15, -0.1) is 0 Å². The average Bonchev–Trinajstić information content (AvgIpc) is 2.72. The first kappa shape index (κ1) is 11.9. The molecule has 0 bridgehead atoms. The highest BCUT2D eigenvalue weighted by Gasteiger charge is 1.94. The van der Waals surface area contributed by atoms with Crippen LogP contribution in [0, 0.1) is 0 Å². The van der Waals surface area contributed by atoms with Crippen LogP contribution in [0.3, 0.4) is 0 Å². The van der Waals surface area contributed by atoms with Gasteiger partial charge in [0.25, 0.3) is 0 Å². The molecule has 0 aromatic heterocycles. The molecular formula is C22H36O2. The number of allylic oxidation sites excluding steroid dienone is 8. The second-order valence-electron chi connectivity index (χ2n) is 5.36. The summed E-state index contributed by atoms with van der Waals surface area (Å²) in [7, 11) is 0. The Labute approximate surface area is 160 Å². The fourth-order valence-corrected chi connectivity index (χ4v) is 1.81. The second-order valence-corrected chi connectivity index (χ2v) is 5.36. The third kappa shape index (κ3) is 20.4. The van der Waals surface area contributed by atoms with E-state index in [4.69, 9.17) is 16.1 Å². The van der Waals surface area contributed by atoms with Gasteiger partial charge in [0.2, 0.25) is 0 Å². The molecule has 0 aliphatic carbocycles. The van der Waals surface area contributed by atoms with Crippen molar-refractivity contribution in [2.75, 3.05) is 0 Å². The first-order chi connectivity index (χ1) is 15.0. The predicted molar refractivity (Wildman–Crippen MR) is 105 cm³/mol. The zero-order valence-corrected chi connectivity index (χ0v) is 14.8. The van der Waals surface area contributed by atoms with Crippen molar-refractivity contribution in [1.82, 2.24) is 0 Å². The summed E-state index contributed by atoms with van der Waals surface area (Å²) in [5.41, 5.74) is 0. The third-order valence-electron chi connectivity index (χ3n) is 3.13. The SMILES string of the molecule is [2H]/C(CCCCCC(=O)O)=C(\[2H])C/C([2H])=C(\[2H])C/C([2H])=C(\[2H])C/C([2H])=C(\[2H])CCCCC. The minimum atomic E-state index is -0.861. The van der Waals surface area contributed by atoms with E-state index in [1.807, 2.05) is 6.92 Å². The van der Waals surface area contributed by atoms with Gasteiger partial charge in [-0.05, 0) is 51.4 Å². The lowest BCUT2D eigenvalue weighted by molar-refractivity contribution is -0.137. The number of carbonyl (C=O) groups is 1. The molecule has 0 saturated heterocycles. The average molecular weight is 341 g/mol. The smallest absolute Gasteiger partial charge is 0.303 e. The van der Waals surface area contributed by atoms with Crippen molar-refractivity contribution in [3.8, 4) is 0 Å². The van der Waals surface area contributed by atoms with Crippen molar-refractivity contribution in [1.29, 1.82) is 0 Å². The molecule has 136 valence electrons. The fraction of sp³-hybridized carbons (Fsp3) is 0.591. The molecule has 0 aromatic carbocycles. The maximum Gasteiger partial charge on any atom is 0.303 e. The van der Waals surface area contributed by atoms with E-state index in [1.54, 1.807) is 0 Å². The Bertz CT molecular complexity index is 738. The van der Waals surface area contributed by atoms with E-state index in [9.17, 15) is 4.79 Å². The van der Waals surface area contributed by atoms with Gasteiger partial charge in [-0.25, -0.2) is 0 Å². The second kappa shape index (κ2) is 19.5. The molecule has 0 amide bonds. The highest BCUT2D eigenvalue weighted by atomic mass is 16.4. The molecule has 0 radical (unpaired) electrons. The van der Waals surface area contributed by atoms with Crippen LogP contribution >= 0.6 is 0 Å². The Kier molecular flexibility index (Phi) is 9.65. The van der Waals surface area contributed by atoms with E-state index in [0.717, 1.165) is 19.3 Å². The van der Waals surface area contributed by atoms with Crippen LogP contribution < -0.4 is 0 Å². The van der Waals surface area contributed by atoms with Gasteiger partial charge in [0.05, 0.1) is 11.0 Å². The van der Waals surface area contributed by atoms with E-state index in [0.29, 0.717) is 32.1 Å². The number of carboxylic acids is 1. The number of aliphatic carboxylic acids is 1. The summed E-state index contributed by atoms with van der Waals surface area (Å²) < 4.78 is 63.6. The summed E-state index contributed by atoms with van der Waals surface area (Å²) in [4.78, 5) is 10.5. The van der Waals surface area contributed by atoms with Crippen LogP contribution in [0.15, 0.2) is 48.4 Å². The molecular weight excluding hydrogens is 296 g/mol. The number of hydrogen-bond donors (Lipinski definition) is 1. The Hall–Kier alpha value is -1.57. The van der Waals surface area contributed by atoms with E-state index < -0.39 is 5.97 Å². The molecule has 0 aromatic rings. The summed E-state index contributed by atoms with van der Waals surface area (Å²) >= 11 is 0. The zero-order valence-electron chi connectivity index (χ0n) is 22.8. The van der Waals surface area contributed by atoms with Gasteiger partial charge in [-0.3, -0.25) is 4.79 Å². The summed E-state index contributed by atoms with van der Waals surface area (Å²) in [6.07, 6.45) is 4.79. The number of unbranched alkanes of at least 4 members (excludes halogenated alkanes) is 4. The van der Waals surface area contributed by atoms with Crippen molar-refractivity contribution in [3.63, 3.8) is 0 Å². The monoisotopic (exact) mass is 340 g/mol. The van der Waals surface area contributed by atoms with Gasteiger partial charge in [0.1, 0.15) is 0 Å². The molecule has 0 aliphatic heterocycles. The molecule has 0 spiro atoms. The molecule has 0 rings (SSSR count). The van der Waals surface area contributed by atoms with Crippen LogP contribution in [0.5, 0.6) is 0 Å². The normalized spacial score (nSPS) is 20.4. The van der Waals surface area contributed by atoms with Gasteiger partial charge < -0.3 is 5.11 Å². The van der Waals surface area contributed by atoms with Crippen molar-refractivity contribution in [2.24, 2.45) is 0 Å². The minimum Gasteiger partial charge on any atom is -0.481 e. The van der Waals surface area contributed by atoms with Gasteiger partial charge in [0.15, 0.2) is 0 Å². The molecule has 0 atom stereocenters. The maximum absolute atomic E-state index is 10.5. The third-order valence-corrected chi connectivity index (χ3v) is 3.13. The summed E-state index contributed by atoms with van der Waals surface area (Å²) in [6.45, 7) is 2.05. The highest BCUT2D eigenvalue weighted by molar-refractivity contribution is 5.66. The zero-order chi connectivity index (χ0) is 24.7. The molecule has 0 fully saturated rings. The summed E-state index contributed by atoms with van der Waals surface area (Å²) in [5, 5.41) is 8.60. The van der Waals surface area contributed by atoms with Gasteiger partial charge in [0, 0.05) is 6.42 Å². The summed E-state index contributed by atoms with van der Waals surface area (Å²) in [5.74, 6) is -0.861. The standard InChI is InChI=1S/C22H36O2/c1-2-3-4-5-6-7-8-9-10-11-12-13-14-15-16-17-18-19-20-21-22(23)24/h6-7,9-10,12-13,15-16H,2-5,8,11,14,17-21H2,1H3,(H,23,24)/b7-6+,10-9+,13-12+,16-15-/i6D,7D,9D,10D,12D,13D,15D,16D. The van der Waals surface area contributed by atoms with Crippen molar-refractivity contribution in [3.05, 3.63) is 48.4 Å². The Balaban J connectivity index is 4.88. The van der Waals surface area contributed by atoms with Crippen molar-refractivity contribution < 1.29 is 20.9 Å². The van der Waals surface area contributed by atoms with Crippen LogP contribution in [-0.4, -0.2) is 11.1 Å². The topological polar surface area (TPSA) is 37.3 Å². The van der Waals surface area contributed by atoms with Crippen molar-refractivity contribution >= 4 is 5.97 Å². The van der Waals surface area contributed by atoms with Crippen LogP contribution in [0.4, 0.5) is 0 Å². The number of rotatable bonds is 16. The van der Waals surface area contributed by atoms with E-state index in [1.165, 1.54) is 0 Å². The predicted octanol–water partition coefficient (Wildman–Crippen LogP) is 7.00. The lowest BCUT2D eigenvalue weighted by Gasteiger charge is -1.94. The van der Waals surface area contributed by atoms with Gasteiger partial charge in [-0.2, -0.15) is 0 Å². The quantitative estimate of drug-likeness (QED) is 0.243. The molecule has 24 heavy (non-hydrogen) atoms. The van der Waals surface area contributed by atoms with E-state index >= 15 is 0 Å². The molecule has 2 nitrogen and oxygen atoms in total. The van der Waals surface area contributed by atoms with Crippen LogP contribution in [-0.2, 0) is 4.79 Å². The van der Waals surface area contributed by atoms with Crippen LogP contribution in [0.2, 0.25) is 0 Å². The van der Waals surface area contributed by atoms with Gasteiger partial charge >= 0.3 is 5.97 Å². The molecule has 0 unspecified atom stereocenters. The van der Waals surface area contributed by atoms with E-state index in [2.05, 4.69) is 0 Å². The molecule has 2 heteroatoms. The van der Waals surface area contributed by atoms with E-state index in [-0.39, 0.29) is 74.1 Å². The lowest BCUT2D eigenvalue weighted by Crippen LogP contribution is -1.93.